The second-order valence-corrected chi connectivity index (χ2v) is 5.17. The lowest BCUT2D eigenvalue weighted by atomic mass is 10.1. The highest BCUT2D eigenvalue weighted by Crippen LogP contribution is 2.23. The van der Waals surface area contributed by atoms with Gasteiger partial charge in [0.2, 0.25) is 0 Å². The molecule has 0 radical (unpaired) electrons. The molecule has 0 aliphatic carbocycles. The molecule has 2 aliphatic rings. The molecule has 5 nitrogen and oxygen atoms in total. The molecule has 0 bridgehead atoms. The molecule has 1 unspecified atom stereocenters. The van der Waals surface area contributed by atoms with Crippen molar-refractivity contribution in [3.05, 3.63) is 18.1 Å². The van der Waals surface area contributed by atoms with Crippen LogP contribution in [-0.4, -0.2) is 40.8 Å². The highest BCUT2D eigenvalue weighted by Gasteiger charge is 2.21. The Labute approximate surface area is 119 Å². The van der Waals surface area contributed by atoms with Crippen molar-refractivity contribution in [2.24, 2.45) is 0 Å². The predicted octanol–water partition coefficient (Wildman–Crippen LogP) is 1.28. The van der Waals surface area contributed by atoms with Crippen LogP contribution in [0.1, 0.15) is 37.4 Å². The van der Waals surface area contributed by atoms with Crippen LogP contribution in [0.3, 0.4) is 0 Å². The molecule has 0 saturated carbocycles. The molecule has 106 valence electrons. The van der Waals surface area contributed by atoms with Crippen LogP contribution >= 0.6 is 12.4 Å². The summed E-state index contributed by atoms with van der Waals surface area (Å²) in [5, 5.41) is 13.0. The highest BCUT2D eigenvalue weighted by atomic mass is 35.5. The van der Waals surface area contributed by atoms with Gasteiger partial charge in [-0.25, -0.2) is 4.98 Å². The van der Waals surface area contributed by atoms with E-state index in [1.165, 1.54) is 6.42 Å². The first kappa shape index (κ1) is 14.5. The van der Waals surface area contributed by atoms with E-state index in [4.69, 9.17) is 4.98 Å². The summed E-state index contributed by atoms with van der Waals surface area (Å²) in [6.07, 6.45) is 7.57. The van der Waals surface area contributed by atoms with Crippen molar-refractivity contribution in [3.63, 3.8) is 0 Å². The number of nitrogens with zero attached hydrogens (tertiary/aromatic N) is 3. The van der Waals surface area contributed by atoms with Crippen molar-refractivity contribution < 1.29 is 5.11 Å². The fourth-order valence-electron chi connectivity index (χ4n) is 2.72. The second-order valence-electron chi connectivity index (χ2n) is 5.17. The Balaban J connectivity index is 0.00000133. The molecule has 2 fully saturated rings. The minimum Gasteiger partial charge on any atom is -0.393 e. The summed E-state index contributed by atoms with van der Waals surface area (Å²) < 4.78 is 0. The van der Waals surface area contributed by atoms with Gasteiger partial charge in [0.15, 0.2) is 0 Å². The van der Waals surface area contributed by atoms with Gasteiger partial charge < -0.3 is 15.3 Å². The van der Waals surface area contributed by atoms with Crippen LogP contribution in [0.15, 0.2) is 12.4 Å². The molecule has 19 heavy (non-hydrogen) atoms. The Morgan fingerprint density at radius 3 is 2.68 bits per heavy atom. The SMILES string of the molecule is Cl.OC1CCN(c2cncc(C3CCCN3)n2)CC1. The molecular weight excluding hydrogens is 264 g/mol. The number of aliphatic hydroxyl groups is 1. The van der Waals surface area contributed by atoms with E-state index < -0.39 is 0 Å². The van der Waals surface area contributed by atoms with Gasteiger partial charge in [0.1, 0.15) is 5.82 Å². The summed E-state index contributed by atoms with van der Waals surface area (Å²) in [4.78, 5) is 11.3. The largest absolute Gasteiger partial charge is 0.393 e. The Morgan fingerprint density at radius 2 is 2.00 bits per heavy atom. The minimum atomic E-state index is -0.145. The van der Waals surface area contributed by atoms with Gasteiger partial charge in [0.05, 0.1) is 30.2 Å². The lowest BCUT2D eigenvalue weighted by Gasteiger charge is -2.30. The second kappa shape index (κ2) is 6.50. The van der Waals surface area contributed by atoms with E-state index in [2.05, 4.69) is 15.2 Å². The standard InChI is InChI=1S/C13H20N4O.ClH/c18-10-3-6-17(7-4-10)13-9-14-8-12(16-13)11-2-1-5-15-11;/h8-11,15,18H,1-7H2;1H. The van der Waals surface area contributed by atoms with E-state index in [-0.39, 0.29) is 18.5 Å². The normalized spacial score (nSPS) is 24.3. The van der Waals surface area contributed by atoms with Crippen LogP contribution in [-0.2, 0) is 0 Å². The number of piperidine rings is 1. The number of nitrogens with one attached hydrogen (secondary N) is 1. The smallest absolute Gasteiger partial charge is 0.147 e. The van der Waals surface area contributed by atoms with Crippen LogP contribution in [0.2, 0.25) is 0 Å². The Hall–Kier alpha value is -0.910. The topological polar surface area (TPSA) is 61.3 Å². The van der Waals surface area contributed by atoms with Gasteiger partial charge in [0.25, 0.3) is 0 Å². The molecular formula is C13H21ClN4O. The molecule has 6 heteroatoms. The van der Waals surface area contributed by atoms with Gasteiger partial charge in [-0.15, -0.1) is 12.4 Å². The first-order chi connectivity index (χ1) is 8.83. The molecule has 3 rings (SSSR count). The molecule has 3 heterocycles. The zero-order chi connectivity index (χ0) is 12.4. The van der Waals surface area contributed by atoms with Crippen molar-refractivity contribution in [3.8, 4) is 0 Å². The maximum Gasteiger partial charge on any atom is 0.147 e. The lowest BCUT2D eigenvalue weighted by molar-refractivity contribution is 0.145. The first-order valence-electron chi connectivity index (χ1n) is 6.81. The molecule has 0 aromatic carbocycles. The van der Waals surface area contributed by atoms with Gasteiger partial charge in [-0.3, -0.25) is 4.98 Å². The third-order valence-electron chi connectivity index (χ3n) is 3.85. The molecule has 2 saturated heterocycles. The van der Waals surface area contributed by atoms with E-state index in [1.54, 1.807) is 0 Å². The number of hydrogen-bond donors (Lipinski definition) is 2. The summed E-state index contributed by atoms with van der Waals surface area (Å²) in [7, 11) is 0. The maximum absolute atomic E-state index is 9.53. The third kappa shape index (κ3) is 3.35. The van der Waals surface area contributed by atoms with E-state index >= 15 is 0 Å². The molecule has 0 amide bonds. The number of hydrogen-bond acceptors (Lipinski definition) is 5. The average molecular weight is 285 g/mol. The van der Waals surface area contributed by atoms with Crippen molar-refractivity contribution >= 4 is 18.2 Å². The average Bonchev–Trinajstić information content (AvgIpc) is 2.94. The van der Waals surface area contributed by atoms with E-state index in [0.29, 0.717) is 6.04 Å². The molecule has 0 spiro atoms. The number of anilines is 1. The van der Waals surface area contributed by atoms with Gasteiger partial charge in [-0.1, -0.05) is 0 Å². The lowest BCUT2D eigenvalue weighted by Crippen LogP contribution is -2.36. The van der Waals surface area contributed by atoms with Gasteiger partial charge in [0, 0.05) is 13.1 Å². The van der Waals surface area contributed by atoms with Crippen molar-refractivity contribution in [1.82, 2.24) is 15.3 Å². The van der Waals surface area contributed by atoms with Crippen LogP contribution in [0, 0.1) is 0 Å². The van der Waals surface area contributed by atoms with E-state index in [9.17, 15) is 5.11 Å². The number of rotatable bonds is 2. The van der Waals surface area contributed by atoms with E-state index in [1.807, 2.05) is 12.4 Å². The first-order valence-corrected chi connectivity index (χ1v) is 6.81. The molecule has 1 aromatic rings. The summed E-state index contributed by atoms with van der Waals surface area (Å²) in [6.45, 7) is 2.82. The Kier molecular flexibility index (Phi) is 4.96. The summed E-state index contributed by atoms with van der Waals surface area (Å²) in [5.41, 5.74) is 1.05. The van der Waals surface area contributed by atoms with Crippen molar-refractivity contribution in [1.29, 1.82) is 0 Å². The van der Waals surface area contributed by atoms with Crippen molar-refractivity contribution in [2.75, 3.05) is 24.5 Å². The zero-order valence-electron chi connectivity index (χ0n) is 11.0. The van der Waals surface area contributed by atoms with Gasteiger partial charge in [-0.2, -0.15) is 0 Å². The summed E-state index contributed by atoms with van der Waals surface area (Å²) in [5.74, 6) is 0.952. The highest BCUT2D eigenvalue weighted by molar-refractivity contribution is 5.85. The van der Waals surface area contributed by atoms with Crippen LogP contribution in [0.25, 0.3) is 0 Å². The van der Waals surface area contributed by atoms with Gasteiger partial charge >= 0.3 is 0 Å². The maximum atomic E-state index is 9.53. The molecule has 1 aromatic heterocycles. The number of halogens is 1. The monoisotopic (exact) mass is 284 g/mol. The Bertz CT molecular complexity index is 403. The quantitative estimate of drug-likeness (QED) is 0.857. The van der Waals surface area contributed by atoms with Crippen molar-refractivity contribution in [2.45, 2.75) is 37.8 Å². The van der Waals surface area contributed by atoms with Crippen LogP contribution in [0.4, 0.5) is 5.82 Å². The molecule has 1 atom stereocenters. The summed E-state index contributed by atoms with van der Waals surface area (Å²) >= 11 is 0. The number of aromatic nitrogens is 2. The number of aliphatic hydroxyl groups excluding tert-OH is 1. The fraction of sp³-hybridized carbons (Fsp3) is 0.692. The van der Waals surface area contributed by atoms with Crippen LogP contribution < -0.4 is 10.2 Å². The predicted molar refractivity (Wildman–Crippen MR) is 76.7 cm³/mol. The zero-order valence-corrected chi connectivity index (χ0v) is 11.8. The summed E-state index contributed by atoms with van der Waals surface area (Å²) in [6, 6.07) is 0.368. The fourth-order valence-corrected chi connectivity index (χ4v) is 2.72. The van der Waals surface area contributed by atoms with E-state index in [0.717, 1.165) is 50.4 Å². The minimum absolute atomic E-state index is 0. The third-order valence-corrected chi connectivity index (χ3v) is 3.85. The molecule has 2 aliphatic heterocycles. The van der Waals surface area contributed by atoms with Gasteiger partial charge in [-0.05, 0) is 32.2 Å². The van der Waals surface area contributed by atoms with Crippen LogP contribution in [0.5, 0.6) is 0 Å². The Morgan fingerprint density at radius 1 is 1.21 bits per heavy atom. The molecule has 2 N–H and O–H groups in total.